The molecule has 66 valence electrons. The van der Waals surface area contributed by atoms with Gasteiger partial charge in [-0.1, -0.05) is 13.3 Å². The smallest absolute Gasteiger partial charge is 0.0816 e. The van der Waals surface area contributed by atoms with Gasteiger partial charge in [-0.3, -0.25) is 0 Å². The Morgan fingerprint density at radius 3 is 3.09 bits per heavy atom. The molecule has 0 amide bonds. The summed E-state index contributed by atoms with van der Waals surface area (Å²) in [5.41, 5.74) is 5.92. The van der Waals surface area contributed by atoms with Gasteiger partial charge in [0.05, 0.1) is 12.7 Å². The summed E-state index contributed by atoms with van der Waals surface area (Å²) in [6.07, 6.45) is 2.56. The first kappa shape index (κ1) is 9.36. The number of nitrogens with two attached hydrogens (primary N) is 1. The van der Waals surface area contributed by atoms with Crippen molar-refractivity contribution in [3.8, 4) is 0 Å². The molecule has 2 nitrogen and oxygen atoms in total. The molecule has 2 N–H and O–H groups in total. The monoisotopic (exact) mass is 175 g/mol. The van der Waals surface area contributed by atoms with Crippen LogP contribution in [0.5, 0.6) is 0 Å². The average Bonchev–Trinajstić information content (AvgIpc) is 2.07. The van der Waals surface area contributed by atoms with Crippen molar-refractivity contribution in [1.29, 1.82) is 0 Å². The summed E-state index contributed by atoms with van der Waals surface area (Å²) in [5, 5.41) is 0. The van der Waals surface area contributed by atoms with E-state index in [0.717, 1.165) is 31.0 Å². The number of thioether (sulfide) groups is 1. The Labute approximate surface area is 72.9 Å². The van der Waals surface area contributed by atoms with Crippen LogP contribution in [0.3, 0.4) is 0 Å². The van der Waals surface area contributed by atoms with E-state index in [-0.39, 0.29) is 6.04 Å². The van der Waals surface area contributed by atoms with Gasteiger partial charge in [-0.05, 0) is 6.42 Å². The number of hydrogen-bond donors (Lipinski definition) is 1. The fraction of sp³-hybridized carbons (Fsp3) is 1.00. The molecule has 0 aliphatic carbocycles. The molecule has 0 aromatic heterocycles. The summed E-state index contributed by atoms with van der Waals surface area (Å²) in [6.45, 7) is 3.04. The predicted molar refractivity (Wildman–Crippen MR) is 49.9 cm³/mol. The van der Waals surface area contributed by atoms with E-state index in [0.29, 0.717) is 6.10 Å². The van der Waals surface area contributed by atoms with Crippen molar-refractivity contribution in [2.45, 2.75) is 31.9 Å². The SMILES string of the molecule is CCCC(N)C1CSCCO1. The lowest BCUT2D eigenvalue weighted by Gasteiger charge is -2.27. The van der Waals surface area contributed by atoms with Crippen molar-refractivity contribution in [3.63, 3.8) is 0 Å². The zero-order valence-corrected chi connectivity index (χ0v) is 7.90. The van der Waals surface area contributed by atoms with Gasteiger partial charge in [0.2, 0.25) is 0 Å². The third kappa shape index (κ3) is 3.01. The molecule has 1 heterocycles. The highest BCUT2D eigenvalue weighted by Gasteiger charge is 2.20. The second-order valence-electron chi connectivity index (χ2n) is 2.94. The summed E-state index contributed by atoms with van der Waals surface area (Å²) in [5.74, 6) is 2.22. The van der Waals surface area contributed by atoms with Gasteiger partial charge in [0.1, 0.15) is 0 Å². The van der Waals surface area contributed by atoms with Crippen LogP contribution in [0.15, 0.2) is 0 Å². The molecule has 0 spiro atoms. The molecule has 1 aliphatic rings. The van der Waals surface area contributed by atoms with Crippen LogP contribution in [-0.4, -0.2) is 30.3 Å². The molecule has 3 heteroatoms. The molecule has 0 radical (unpaired) electrons. The summed E-state index contributed by atoms with van der Waals surface area (Å²) in [4.78, 5) is 0. The Morgan fingerprint density at radius 2 is 2.55 bits per heavy atom. The van der Waals surface area contributed by atoms with E-state index in [4.69, 9.17) is 10.5 Å². The van der Waals surface area contributed by atoms with Gasteiger partial charge >= 0.3 is 0 Å². The van der Waals surface area contributed by atoms with Crippen LogP contribution < -0.4 is 5.73 Å². The van der Waals surface area contributed by atoms with E-state index >= 15 is 0 Å². The van der Waals surface area contributed by atoms with Crippen molar-refractivity contribution >= 4 is 11.8 Å². The highest BCUT2D eigenvalue weighted by Crippen LogP contribution is 2.16. The summed E-state index contributed by atoms with van der Waals surface area (Å²) in [6, 6.07) is 0.257. The summed E-state index contributed by atoms with van der Waals surface area (Å²) >= 11 is 1.95. The summed E-state index contributed by atoms with van der Waals surface area (Å²) < 4.78 is 5.55. The molecule has 0 bridgehead atoms. The molecular weight excluding hydrogens is 158 g/mol. The molecule has 11 heavy (non-hydrogen) atoms. The van der Waals surface area contributed by atoms with Crippen molar-refractivity contribution in [2.24, 2.45) is 5.73 Å². The lowest BCUT2D eigenvalue weighted by molar-refractivity contribution is 0.0549. The number of rotatable bonds is 3. The van der Waals surface area contributed by atoms with Crippen LogP contribution in [-0.2, 0) is 4.74 Å². The quantitative estimate of drug-likeness (QED) is 0.701. The molecule has 1 rings (SSSR count). The molecular formula is C8H17NOS. The van der Waals surface area contributed by atoms with Crippen LogP contribution in [0.2, 0.25) is 0 Å². The largest absolute Gasteiger partial charge is 0.375 e. The standard InChI is InChI=1S/C8H17NOS/c1-2-3-7(9)8-6-11-5-4-10-8/h7-8H,2-6,9H2,1H3. The maximum absolute atomic E-state index is 5.92. The second-order valence-corrected chi connectivity index (χ2v) is 4.09. The molecule has 0 saturated carbocycles. The minimum Gasteiger partial charge on any atom is -0.375 e. The highest BCUT2D eigenvalue weighted by atomic mass is 32.2. The minimum absolute atomic E-state index is 0.257. The van der Waals surface area contributed by atoms with Gasteiger partial charge in [-0.2, -0.15) is 11.8 Å². The Kier molecular flexibility index (Phi) is 4.26. The van der Waals surface area contributed by atoms with Crippen molar-refractivity contribution in [3.05, 3.63) is 0 Å². The zero-order chi connectivity index (χ0) is 8.10. The first-order chi connectivity index (χ1) is 5.34. The number of hydrogen-bond acceptors (Lipinski definition) is 3. The molecule has 2 atom stereocenters. The Bertz CT molecular complexity index is 104. The first-order valence-corrected chi connectivity index (χ1v) is 5.45. The molecule has 0 aromatic carbocycles. The van der Waals surface area contributed by atoms with E-state index in [2.05, 4.69) is 6.92 Å². The third-order valence-electron chi connectivity index (χ3n) is 1.94. The lowest BCUT2D eigenvalue weighted by atomic mass is 10.1. The van der Waals surface area contributed by atoms with Crippen LogP contribution in [0.1, 0.15) is 19.8 Å². The van der Waals surface area contributed by atoms with Crippen LogP contribution in [0, 0.1) is 0 Å². The van der Waals surface area contributed by atoms with Crippen molar-refractivity contribution < 1.29 is 4.74 Å². The van der Waals surface area contributed by atoms with Gasteiger partial charge in [0.15, 0.2) is 0 Å². The number of ether oxygens (including phenoxy) is 1. The van der Waals surface area contributed by atoms with Gasteiger partial charge in [0.25, 0.3) is 0 Å². The molecule has 0 aromatic rings. The van der Waals surface area contributed by atoms with Gasteiger partial charge < -0.3 is 10.5 Å². The van der Waals surface area contributed by atoms with Gasteiger partial charge in [-0.15, -0.1) is 0 Å². The fourth-order valence-corrected chi connectivity index (χ4v) is 2.23. The maximum atomic E-state index is 5.92. The van der Waals surface area contributed by atoms with Crippen molar-refractivity contribution in [2.75, 3.05) is 18.1 Å². The molecule has 1 fully saturated rings. The molecule has 1 aliphatic heterocycles. The predicted octanol–water partition coefficient (Wildman–Crippen LogP) is 1.25. The minimum atomic E-state index is 0.257. The van der Waals surface area contributed by atoms with E-state index in [1.807, 2.05) is 11.8 Å². The highest BCUT2D eigenvalue weighted by molar-refractivity contribution is 7.99. The fourth-order valence-electron chi connectivity index (χ4n) is 1.27. The Hall–Kier alpha value is 0.270. The van der Waals surface area contributed by atoms with Crippen LogP contribution in [0.4, 0.5) is 0 Å². The van der Waals surface area contributed by atoms with E-state index < -0.39 is 0 Å². The Morgan fingerprint density at radius 1 is 1.73 bits per heavy atom. The molecule has 2 unspecified atom stereocenters. The van der Waals surface area contributed by atoms with E-state index in [1.165, 1.54) is 0 Å². The van der Waals surface area contributed by atoms with Crippen molar-refractivity contribution in [1.82, 2.24) is 0 Å². The van der Waals surface area contributed by atoms with Gasteiger partial charge in [-0.25, -0.2) is 0 Å². The normalized spacial score (nSPS) is 28.4. The van der Waals surface area contributed by atoms with E-state index in [1.54, 1.807) is 0 Å². The van der Waals surface area contributed by atoms with Crippen LogP contribution >= 0.6 is 11.8 Å². The van der Waals surface area contributed by atoms with Crippen LogP contribution in [0.25, 0.3) is 0 Å². The zero-order valence-electron chi connectivity index (χ0n) is 7.08. The summed E-state index contributed by atoms with van der Waals surface area (Å²) in [7, 11) is 0. The molecule has 1 saturated heterocycles. The first-order valence-electron chi connectivity index (χ1n) is 4.29. The second kappa shape index (κ2) is 5.01. The van der Waals surface area contributed by atoms with E-state index in [9.17, 15) is 0 Å². The maximum Gasteiger partial charge on any atom is 0.0816 e. The Balaban J connectivity index is 2.21. The van der Waals surface area contributed by atoms with Gasteiger partial charge in [0, 0.05) is 17.5 Å². The average molecular weight is 175 g/mol. The lowest BCUT2D eigenvalue weighted by Crippen LogP contribution is -2.40. The third-order valence-corrected chi connectivity index (χ3v) is 2.96. The topological polar surface area (TPSA) is 35.2 Å².